The fraction of sp³-hybridized carbons (Fsp3) is 0.714. The highest BCUT2D eigenvalue weighted by molar-refractivity contribution is 5.92. The van der Waals surface area contributed by atoms with Crippen LogP contribution in [0, 0.1) is 5.92 Å². The van der Waals surface area contributed by atoms with Gasteiger partial charge in [-0.1, -0.05) is 0 Å². The molecule has 0 aromatic heterocycles. The maximum Gasteiger partial charge on any atom is 0.335 e. The van der Waals surface area contributed by atoms with Crippen LogP contribution in [-0.2, 0) is 19.0 Å². The summed E-state index contributed by atoms with van der Waals surface area (Å²) in [7, 11) is 0. The van der Waals surface area contributed by atoms with Crippen molar-refractivity contribution in [1.82, 2.24) is 9.80 Å². The number of ether oxygens (including phenoxy) is 3. The zero-order valence-electron chi connectivity index (χ0n) is 17.3. The second-order valence-electron chi connectivity index (χ2n) is 8.56. The smallest absolute Gasteiger partial charge is 0.335 e. The summed E-state index contributed by atoms with van der Waals surface area (Å²) in [5, 5.41) is 0. The Bertz CT molecular complexity index is 803. The Morgan fingerprint density at radius 1 is 1.40 bits per heavy atom. The van der Waals surface area contributed by atoms with Crippen molar-refractivity contribution in [2.45, 2.75) is 50.4 Å². The molecule has 1 aliphatic carbocycles. The number of hydrogen-bond donors (Lipinski definition) is 1. The molecule has 5 rings (SSSR count). The van der Waals surface area contributed by atoms with E-state index in [1.54, 1.807) is 13.0 Å². The first-order valence-electron chi connectivity index (χ1n) is 10.8. The monoisotopic (exact) mass is 420 g/mol. The minimum Gasteiger partial charge on any atom is -0.463 e. The van der Waals surface area contributed by atoms with Crippen molar-refractivity contribution in [3.8, 4) is 0 Å². The number of halogens is 1. The molecule has 3 fully saturated rings. The minimum absolute atomic E-state index is 0.0264. The van der Waals surface area contributed by atoms with Crippen molar-refractivity contribution >= 4 is 11.8 Å². The van der Waals surface area contributed by atoms with Crippen LogP contribution >= 0.6 is 0 Å². The van der Waals surface area contributed by atoms with Crippen LogP contribution in [0.4, 0.5) is 4.39 Å². The summed E-state index contributed by atoms with van der Waals surface area (Å²) in [4.78, 5) is 21.2. The molecule has 1 spiro atoms. The summed E-state index contributed by atoms with van der Waals surface area (Å²) < 4.78 is 32.2. The number of alkyl halides is 1. The second kappa shape index (κ2) is 7.62. The van der Waals surface area contributed by atoms with E-state index in [9.17, 15) is 4.79 Å². The number of likely N-dealkylation sites (tertiary alicyclic amines) is 1. The number of amidine groups is 1. The predicted molar refractivity (Wildman–Crippen MR) is 107 cm³/mol. The number of esters is 1. The molecule has 5 aliphatic rings. The largest absolute Gasteiger partial charge is 0.463 e. The van der Waals surface area contributed by atoms with Gasteiger partial charge in [0.15, 0.2) is 12.0 Å². The van der Waals surface area contributed by atoms with E-state index in [1.807, 2.05) is 11.1 Å². The van der Waals surface area contributed by atoms with Gasteiger partial charge in [0, 0.05) is 37.7 Å². The van der Waals surface area contributed by atoms with Crippen LogP contribution in [0.2, 0.25) is 0 Å². The van der Waals surface area contributed by atoms with Gasteiger partial charge in [0.2, 0.25) is 0 Å². The van der Waals surface area contributed by atoms with Crippen LogP contribution in [0.25, 0.3) is 0 Å². The molecule has 3 unspecified atom stereocenters. The zero-order valence-corrected chi connectivity index (χ0v) is 17.3. The van der Waals surface area contributed by atoms with Crippen LogP contribution in [0.5, 0.6) is 0 Å². The zero-order chi connectivity index (χ0) is 20.9. The van der Waals surface area contributed by atoms with Crippen molar-refractivity contribution in [2.24, 2.45) is 16.6 Å². The lowest BCUT2D eigenvalue weighted by molar-refractivity contribution is -0.169. The molecular formula is C21H29FN4O4. The first-order chi connectivity index (χ1) is 14.5. The first-order valence-corrected chi connectivity index (χ1v) is 10.8. The molecule has 0 amide bonds. The molecule has 8 nitrogen and oxygen atoms in total. The Morgan fingerprint density at radius 3 is 2.83 bits per heavy atom. The molecule has 2 N–H and O–H groups in total. The van der Waals surface area contributed by atoms with Crippen LogP contribution in [-0.4, -0.2) is 85.2 Å². The Hall–Kier alpha value is -1.97. The summed E-state index contributed by atoms with van der Waals surface area (Å²) in [5.74, 6) is -0.727. The van der Waals surface area contributed by atoms with Crippen molar-refractivity contribution in [3.05, 3.63) is 23.4 Å². The average Bonchev–Trinajstić information content (AvgIpc) is 3.38. The third-order valence-electron chi connectivity index (χ3n) is 6.54. The van der Waals surface area contributed by atoms with Crippen molar-refractivity contribution < 1.29 is 23.4 Å². The number of fused-ring (bicyclic) bond motifs is 1. The summed E-state index contributed by atoms with van der Waals surface area (Å²) in [6.45, 7) is 4.55. The maximum atomic E-state index is 15.3. The number of nitrogens with zero attached hydrogens (tertiary/aromatic N) is 3. The number of hydrogen-bond acceptors (Lipinski definition) is 8. The molecule has 0 radical (unpaired) electrons. The molecule has 4 aliphatic heterocycles. The van der Waals surface area contributed by atoms with Gasteiger partial charge >= 0.3 is 5.97 Å². The quantitative estimate of drug-likeness (QED) is 0.535. The summed E-state index contributed by atoms with van der Waals surface area (Å²) in [6, 6.07) is 0.326. The van der Waals surface area contributed by atoms with E-state index >= 15 is 4.39 Å². The predicted octanol–water partition coefficient (Wildman–Crippen LogP) is 0.938. The summed E-state index contributed by atoms with van der Waals surface area (Å²) in [6.07, 6.45) is 4.33. The molecule has 0 bridgehead atoms. The fourth-order valence-electron chi connectivity index (χ4n) is 4.93. The number of carbonyl (C=O) groups excluding carboxylic acids is 1. The molecule has 2 saturated heterocycles. The molecule has 1 saturated carbocycles. The van der Waals surface area contributed by atoms with Crippen molar-refractivity contribution in [1.29, 1.82) is 0 Å². The highest BCUT2D eigenvalue weighted by Crippen LogP contribution is 2.41. The van der Waals surface area contributed by atoms with Crippen LogP contribution in [0.15, 0.2) is 28.4 Å². The molecule has 30 heavy (non-hydrogen) atoms. The van der Waals surface area contributed by atoms with Gasteiger partial charge in [0.1, 0.15) is 12.0 Å². The van der Waals surface area contributed by atoms with E-state index in [2.05, 4.69) is 4.90 Å². The second-order valence-corrected chi connectivity index (χ2v) is 8.56. The van der Waals surface area contributed by atoms with Crippen molar-refractivity contribution in [2.75, 3.05) is 39.5 Å². The highest BCUT2D eigenvalue weighted by Gasteiger charge is 2.53. The van der Waals surface area contributed by atoms with E-state index < -0.39 is 12.0 Å². The van der Waals surface area contributed by atoms with Crippen LogP contribution in [0.1, 0.15) is 26.2 Å². The molecule has 164 valence electrons. The molecule has 0 aromatic carbocycles. The Balaban J connectivity index is 1.42. The van der Waals surface area contributed by atoms with Gasteiger partial charge in [-0.05, 0) is 31.4 Å². The first kappa shape index (κ1) is 20.0. The molecule has 9 heteroatoms. The average molecular weight is 420 g/mol. The van der Waals surface area contributed by atoms with Gasteiger partial charge in [0.05, 0.1) is 31.9 Å². The van der Waals surface area contributed by atoms with Gasteiger partial charge in [-0.2, -0.15) is 0 Å². The van der Waals surface area contributed by atoms with E-state index in [0.717, 1.165) is 18.4 Å². The molecule has 3 atom stereocenters. The van der Waals surface area contributed by atoms with Gasteiger partial charge in [-0.3, -0.25) is 0 Å². The Kier molecular flexibility index (Phi) is 5.07. The van der Waals surface area contributed by atoms with E-state index in [1.165, 1.54) is 0 Å². The van der Waals surface area contributed by atoms with Crippen molar-refractivity contribution in [3.63, 3.8) is 0 Å². The van der Waals surface area contributed by atoms with E-state index in [0.29, 0.717) is 63.3 Å². The lowest BCUT2D eigenvalue weighted by Gasteiger charge is -2.39. The maximum absolute atomic E-state index is 15.3. The number of aliphatic imine (C=N–C) groups is 1. The van der Waals surface area contributed by atoms with E-state index in [4.69, 9.17) is 24.9 Å². The number of nitrogens with two attached hydrogens (primary N) is 1. The van der Waals surface area contributed by atoms with E-state index in [-0.39, 0.29) is 18.1 Å². The number of carbonyl (C=O) groups is 1. The van der Waals surface area contributed by atoms with Gasteiger partial charge in [-0.15, -0.1) is 0 Å². The Morgan fingerprint density at radius 2 is 2.17 bits per heavy atom. The summed E-state index contributed by atoms with van der Waals surface area (Å²) >= 11 is 0. The van der Waals surface area contributed by atoms with Gasteiger partial charge < -0.3 is 29.7 Å². The van der Waals surface area contributed by atoms with Gasteiger partial charge in [0.25, 0.3) is 0 Å². The standard InChI is InChI=1S/C21H29FN4O4/c1-2-28-20(27)14-7-13-8-17(22)19(24-18(13)26(10-14)16-3-4-16)25-11-15(9-23)21(12-25)29-5-6-30-21/h8,10,15-18H,2-7,9,11-12,23H2,1H3. The SMILES string of the molecule is CCOC(=O)C1=CN(C2CC2)C2N=C(N3CC(CN)C4(C3)OCCO4)C(F)C=C2C1. The van der Waals surface area contributed by atoms with Gasteiger partial charge in [-0.25, -0.2) is 14.2 Å². The Labute approximate surface area is 175 Å². The third-order valence-corrected chi connectivity index (χ3v) is 6.54. The molecular weight excluding hydrogens is 391 g/mol. The number of dihydropyridines is 1. The molecule has 4 heterocycles. The van der Waals surface area contributed by atoms with Crippen LogP contribution < -0.4 is 5.73 Å². The topological polar surface area (TPSA) is 89.6 Å². The summed E-state index contributed by atoms with van der Waals surface area (Å²) in [5.41, 5.74) is 7.35. The normalized spacial score (nSPS) is 32.6. The third kappa shape index (κ3) is 3.33. The number of rotatable bonds is 4. The highest BCUT2D eigenvalue weighted by atomic mass is 19.1. The fourth-order valence-corrected chi connectivity index (χ4v) is 4.93. The molecule has 0 aromatic rings. The van der Waals surface area contributed by atoms with Crippen LogP contribution in [0.3, 0.4) is 0 Å². The lowest BCUT2D eigenvalue weighted by atomic mass is 9.95. The minimum atomic E-state index is -1.34. The lowest BCUT2D eigenvalue weighted by Crippen LogP contribution is -2.46.